The van der Waals surface area contributed by atoms with Crippen molar-refractivity contribution in [2.75, 3.05) is 5.32 Å². The molecule has 0 saturated carbocycles. The molecule has 1 N–H and O–H groups in total. The van der Waals surface area contributed by atoms with Crippen molar-refractivity contribution in [2.45, 2.75) is 19.4 Å². The Hall–Kier alpha value is -3.80. The van der Waals surface area contributed by atoms with Crippen LogP contribution in [0.15, 0.2) is 84.0 Å². The minimum Gasteiger partial charge on any atom is -0.375 e. The number of hydrogen-bond acceptors (Lipinski definition) is 5. The summed E-state index contributed by atoms with van der Waals surface area (Å²) in [7, 11) is 0. The molecule has 0 spiro atoms. The molecule has 1 aliphatic heterocycles. The van der Waals surface area contributed by atoms with E-state index < -0.39 is 0 Å². The third-order valence-electron chi connectivity index (χ3n) is 5.12. The molecule has 6 nitrogen and oxygen atoms in total. The standard InChI is InChI=1S/C23H20N6/c1-16-7-13-20(14-8-16)24-22-15-21(26-29-23(22)25-27-28-29)19-11-9-18(10-12-19)17-5-3-2-4-6-17/h2-14,22,24H,15H2,1H3. The normalized spacial score (nSPS) is 15.5. The molecule has 3 aromatic carbocycles. The first-order chi connectivity index (χ1) is 14.3. The highest BCUT2D eigenvalue weighted by molar-refractivity contribution is 6.01. The lowest BCUT2D eigenvalue weighted by Gasteiger charge is -2.23. The van der Waals surface area contributed by atoms with Gasteiger partial charge in [0, 0.05) is 12.1 Å². The minimum atomic E-state index is -0.0472. The van der Waals surface area contributed by atoms with Gasteiger partial charge in [0.1, 0.15) is 0 Å². The number of hydrogen-bond donors (Lipinski definition) is 1. The lowest BCUT2D eigenvalue weighted by atomic mass is 9.98. The van der Waals surface area contributed by atoms with Gasteiger partial charge in [-0.1, -0.05) is 72.3 Å². The van der Waals surface area contributed by atoms with Crippen LogP contribution in [0.25, 0.3) is 11.1 Å². The van der Waals surface area contributed by atoms with E-state index in [1.54, 1.807) is 0 Å². The molecule has 0 saturated heterocycles. The third-order valence-corrected chi connectivity index (χ3v) is 5.12. The molecule has 0 radical (unpaired) electrons. The lowest BCUT2D eigenvalue weighted by molar-refractivity contribution is 0.593. The predicted octanol–water partition coefficient (Wildman–Crippen LogP) is 4.46. The fourth-order valence-electron chi connectivity index (χ4n) is 3.54. The SMILES string of the molecule is Cc1ccc(NC2CC(c3ccc(-c4ccccc4)cc3)=Nn3nnnc32)cc1. The van der Waals surface area contributed by atoms with Gasteiger partial charge >= 0.3 is 0 Å². The number of aromatic nitrogens is 4. The molecule has 29 heavy (non-hydrogen) atoms. The number of aryl methyl sites for hydroxylation is 1. The molecule has 2 heterocycles. The first-order valence-electron chi connectivity index (χ1n) is 9.61. The number of anilines is 1. The monoisotopic (exact) mass is 380 g/mol. The molecule has 4 aromatic rings. The van der Waals surface area contributed by atoms with E-state index in [0.717, 1.165) is 22.8 Å². The van der Waals surface area contributed by atoms with E-state index >= 15 is 0 Å². The zero-order valence-electron chi connectivity index (χ0n) is 16.0. The van der Waals surface area contributed by atoms with Crippen LogP contribution in [0.4, 0.5) is 5.69 Å². The van der Waals surface area contributed by atoms with E-state index in [4.69, 9.17) is 0 Å². The van der Waals surface area contributed by atoms with E-state index in [1.807, 2.05) is 6.07 Å². The van der Waals surface area contributed by atoms with Crippen LogP contribution in [0.3, 0.4) is 0 Å². The van der Waals surface area contributed by atoms with E-state index in [2.05, 4.69) is 106 Å². The van der Waals surface area contributed by atoms with Gasteiger partial charge in [0.05, 0.1) is 11.8 Å². The summed E-state index contributed by atoms with van der Waals surface area (Å²) in [6, 6.07) is 27.1. The quantitative estimate of drug-likeness (QED) is 0.568. The molecule has 142 valence electrons. The van der Waals surface area contributed by atoms with Crippen LogP contribution in [-0.4, -0.2) is 26.0 Å². The Kier molecular flexibility index (Phi) is 4.37. The molecular formula is C23H20N6. The molecule has 1 unspecified atom stereocenters. The fourth-order valence-corrected chi connectivity index (χ4v) is 3.54. The Morgan fingerprint density at radius 3 is 2.28 bits per heavy atom. The lowest BCUT2D eigenvalue weighted by Crippen LogP contribution is -2.25. The smallest absolute Gasteiger partial charge is 0.199 e. The number of benzene rings is 3. The van der Waals surface area contributed by atoms with Crippen LogP contribution in [0.1, 0.15) is 29.4 Å². The van der Waals surface area contributed by atoms with E-state index in [1.165, 1.54) is 21.5 Å². The molecule has 5 rings (SSSR count). The van der Waals surface area contributed by atoms with Crippen molar-refractivity contribution in [3.8, 4) is 11.1 Å². The Morgan fingerprint density at radius 1 is 0.828 bits per heavy atom. The summed E-state index contributed by atoms with van der Waals surface area (Å²) in [6.45, 7) is 2.08. The second-order valence-electron chi connectivity index (χ2n) is 7.18. The summed E-state index contributed by atoms with van der Waals surface area (Å²) in [5, 5.41) is 20.2. The fraction of sp³-hybridized carbons (Fsp3) is 0.130. The van der Waals surface area contributed by atoms with E-state index in [9.17, 15) is 0 Å². The van der Waals surface area contributed by atoms with Crippen molar-refractivity contribution >= 4 is 11.4 Å². The third kappa shape index (κ3) is 3.52. The highest BCUT2D eigenvalue weighted by atomic mass is 15.7. The Bertz CT molecular complexity index is 1140. The maximum absolute atomic E-state index is 4.64. The van der Waals surface area contributed by atoms with Gasteiger partial charge in [0.2, 0.25) is 0 Å². The molecule has 0 bridgehead atoms. The second-order valence-corrected chi connectivity index (χ2v) is 7.18. The molecular weight excluding hydrogens is 360 g/mol. The highest BCUT2D eigenvalue weighted by Crippen LogP contribution is 2.28. The number of rotatable bonds is 4. The van der Waals surface area contributed by atoms with Gasteiger partial charge in [-0.3, -0.25) is 0 Å². The highest BCUT2D eigenvalue weighted by Gasteiger charge is 2.27. The van der Waals surface area contributed by atoms with Crippen LogP contribution in [0.2, 0.25) is 0 Å². The van der Waals surface area contributed by atoms with Crippen molar-refractivity contribution in [1.82, 2.24) is 20.3 Å². The van der Waals surface area contributed by atoms with Gasteiger partial charge in [-0.05, 0) is 46.2 Å². The number of nitrogens with one attached hydrogen (secondary N) is 1. The van der Waals surface area contributed by atoms with Crippen LogP contribution >= 0.6 is 0 Å². The minimum absolute atomic E-state index is 0.0472. The van der Waals surface area contributed by atoms with Crippen LogP contribution < -0.4 is 5.32 Å². The maximum Gasteiger partial charge on any atom is 0.199 e. The van der Waals surface area contributed by atoms with Crippen molar-refractivity contribution in [3.63, 3.8) is 0 Å². The van der Waals surface area contributed by atoms with Gasteiger partial charge in [0.15, 0.2) is 5.82 Å². The van der Waals surface area contributed by atoms with Gasteiger partial charge in [-0.2, -0.15) is 5.10 Å². The topological polar surface area (TPSA) is 68.0 Å². The van der Waals surface area contributed by atoms with Crippen LogP contribution in [0, 0.1) is 6.92 Å². The Morgan fingerprint density at radius 2 is 1.52 bits per heavy atom. The average Bonchev–Trinajstić information content (AvgIpc) is 3.25. The second kappa shape index (κ2) is 7.31. The van der Waals surface area contributed by atoms with Gasteiger partial charge in [-0.25, -0.2) is 0 Å². The molecule has 1 aliphatic rings. The number of tetrazole rings is 1. The van der Waals surface area contributed by atoms with E-state index in [-0.39, 0.29) is 6.04 Å². The van der Waals surface area contributed by atoms with Crippen molar-refractivity contribution in [2.24, 2.45) is 5.10 Å². The Balaban J connectivity index is 1.43. The summed E-state index contributed by atoms with van der Waals surface area (Å²) in [6.07, 6.45) is 0.707. The summed E-state index contributed by atoms with van der Waals surface area (Å²) in [5.41, 5.74) is 6.67. The average molecular weight is 380 g/mol. The van der Waals surface area contributed by atoms with Crippen LogP contribution in [-0.2, 0) is 0 Å². The maximum atomic E-state index is 4.64. The molecule has 6 heteroatoms. The summed E-state index contributed by atoms with van der Waals surface area (Å²) < 4.78 is 0. The van der Waals surface area contributed by atoms with Gasteiger partial charge in [0.25, 0.3) is 0 Å². The zero-order valence-corrected chi connectivity index (χ0v) is 16.0. The Labute approximate surface area is 168 Å². The zero-order chi connectivity index (χ0) is 19.6. The largest absolute Gasteiger partial charge is 0.375 e. The van der Waals surface area contributed by atoms with E-state index in [0.29, 0.717) is 6.42 Å². The van der Waals surface area contributed by atoms with Crippen molar-refractivity contribution in [1.29, 1.82) is 0 Å². The van der Waals surface area contributed by atoms with Crippen molar-refractivity contribution < 1.29 is 0 Å². The first kappa shape index (κ1) is 17.3. The number of fused-ring (bicyclic) bond motifs is 1. The summed E-state index contributed by atoms with van der Waals surface area (Å²) in [4.78, 5) is 1.52. The molecule has 1 aromatic heterocycles. The molecule has 0 amide bonds. The van der Waals surface area contributed by atoms with Crippen LogP contribution in [0.5, 0.6) is 0 Å². The van der Waals surface area contributed by atoms with Gasteiger partial charge in [-0.15, -0.1) is 9.89 Å². The van der Waals surface area contributed by atoms with Gasteiger partial charge < -0.3 is 5.32 Å². The summed E-state index contributed by atoms with van der Waals surface area (Å²) >= 11 is 0. The molecule has 1 atom stereocenters. The molecule has 0 aliphatic carbocycles. The predicted molar refractivity (Wildman–Crippen MR) is 114 cm³/mol. The number of nitrogens with zero attached hydrogens (tertiary/aromatic N) is 5. The first-order valence-corrected chi connectivity index (χ1v) is 9.61. The molecule has 0 fully saturated rings. The summed E-state index contributed by atoms with van der Waals surface area (Å²) in [5.74, 6) is 0.718. The van der Waals surface area contributed by atoms with Crippen molar-refractivity contribution in [3.05, 3.63) is 95.8 Å².